The largest absolute Gasteiger partial charge is 0.332 e. The molecular formula is C17H16N2. The van der Waals surface area contributed by atoms with Gasteiger partial charge in [0.05, 0.1) is 12.0 Å². The molecule has 0 aliphatic rings. The quantitative estimate of drug-likeness (QED) is 0.687. The number of aromatic nitrogens is 2. The van der Waals surface area contributed by atoms with E-state index in [0.717, 1.165) is 17.8 Å². The van der Waals surface area contributed by atoms with Gasteiger partial charge in [0.15, 0.2) is 0 Å². The van der Waals surface area contributed by atoms with Crippen molar-refractivity contribution in [3.05, 3.63) is 78.2 Å². The zero-order valence-corrected chi connectivity index (χ0v) is 11.0. The molecule has 0 fully saturated rings. The number of hydrogen-bond acceptors (Lipinski definition) is 1. The lowest BCUT2D eigenvalue weighted by Crippen LogP contribution is -1.96. The summed E-state index contributed by atoms with van der Waals surface area (Å²) in [6, 6.07) is 18.8. The molecule has 19 heavy (non-hydrogen) atoms. The maximum atomic E-state index is 4.47. The first-order chi connectivity index (χ1) is 9.31. The highest BCUT2D eigenvalue weighted by Crippen LogP contribution is 2.16. The minimum Gasteiger partial charge on any atom is -0.332 e. The van der Waals surface area contributed by atoms with Crippen LogP contribution in [0.4, 0.5) is 0 Å². The lowest BCUT2D eigenvalue weighted by Gasteiger charge is -2.03. The number of benzene rings is 2. The molecule has 3 aromatic rings. The summed E-state index contributed by atoms with van der Waals surface area (Å²) in [5, 5.41) is 0. The molecule has 2 heteroatoms. The van der Waals surface area contributed by atoms with Crippen molar-refractivity contribution in [3.63, 3.8) is 0 Å². The Kier molecular flexibility index (Phi) is 3.15. The summed E-state index contributed by atoms with van der Waals surface area (Å²) < 4.78 is 2.12. The van der Waals surface area contributed by atoms with Crippen LogP contribution in [0.5, 0.6) is 0 Å². The highest BCUT2D eigenvalue weighted by Gasteiger charge is 2.02. The van der Waals surface area contributed by atoms with Gasteiger partial charge in [-0.15, -0.1) is 0 Å². The summed E-state index contributed by atoms with van der Waals surface area (Å²) in [7, 11) is 0. The summed E-state index contributed by atoms with van der Waals surface area (Å²) in [4.78, 5) is 4.47. The second kappa shape index (κ2) is 5.11. The standard InChI is InChI=1S/C17H16N2/c1-14-6-5-7-15(10-14)11-19-12-17(18-13-19)16-8-3-2-4-9-16/h2-10,12-13H,11H2,1H3. The highest BCUT2D eigenvalue weighted by atomic mass is 15.0. The van der Waals surface area contributed by atoms with E-state index in [-0.39, 0.29) is 0 Å². The van der Waals surface area contributed by atoms with E-state index in [1.165, 1.54) is 11.1 Å². The Hall–Kier alpha value is -2.35. The van der Waals surface area contributed by atoms with Crippen molar-refractivity contribution in [2.45, 2.75) is 13.5 Å². The average Bonchev–Trinajstić information content (AvgIpc) is 2.88. The van der Waals surface area contributed by atoms with Gasteiger partial charge in [0.2, 0.25) is 0 Å². The fourth-order valence-corrected chi connectivity index (χ4v) is 2.23. The lowest BCUT2D eigenvalue weighted by molar-refractivity contribution is 0.797. The van der Waals surface area contributed by atoms with Crippen molar-refractivity contribution in [1.82, 2.24) is 9.55 Å². The van der Waals surface area contributed by atoms with Crippen LogP contribution in [0.25, 0.3) is 11.3 Å². The van der Waals surface area contributed by atoms with Crippen LogP contribution in [0, 0.1) is 6.92 Å². The number of rotatable bonds is 3. The van der Waals surface area contributed by atoms with E-state index in [0.29, 0.717) is 0 Å². The lowest BCUT2D eigenvalue weighted by atomic mass is 10.1. The number of hydrogen-bond donors (Lipinski definition) is 0. The molecule has 0 spiro atoms. The van der Waals surface area contributed by atoms with Crippen molar-refractivity contribution in [2.75, 3.05) is 0 Å². The van der Waals surface area contributed by atoms with Crippen LogP contribution in [0.2, 0.25) is 0 Å². The Morgan fingerprint density at radius 3 is 2.63 bits per heavy atom. The van der Waals surface area contributed by atoms with Gasteiger partial charge in [0.1, 0.15) is 0 Å². The molecule has 0 saturated heterocycles. The monoisotopic (exact) mass is 248 g/mol. The molecule has 0 atom stereocenters. The van der Waals surface area contributed by atoms with E-state index < -0.39 is 0 Å². The zero-order chi connectivity index (χ0) is 13.1. The molecular weight excluding hydrogens is 232 g/mol. The van der Waals surface area contributed by atoms with E-state index >= 15 is 0 Å². The summed E-state index contributed by atoms with van der Waals surface area (Å²) in [5.41, 5.74) is 4.77. The highest BCUT2D eigenvalue weighted by molar-refractivity contribution is 5.57. The third-order valence-electron chi connectivity index (χ3n) is 3.15. The first kappa shape index (κ1) is 11.7. The van der Waals surface area contributed by atoms with Gasteiger partial charge in [0.25, 0.3) is 0 Å². The SMILES string of the molecule is Cc1cccc(Cn2cnc(-c3ccccc3)c2)c1. The second-order valence-corrected chi connectivity index (χ2v) is 4.79. The van der Waals surface area contributed by atoms with Gasteiger partial charge < -0.3 is 4.57 Å². The Morgan fingerprint density at radius 1 is 1.00 bits per heavy atom. The van der Waals surface area contributed by atoms with Crippen molar-refractivity contribution in [3.8, 4) is 11.3 Å². The Labute approximate surface area is 113 Å². The third kappa shape index (κ3) is 2.74. The van der Waals surface area contributed by atoms with Crippen molar-refractivity contribution >= 4 is 0 Å². The minimum absolute atomic E-state index is 0.863. The first-order valence-electron chi connectivity index (χ1n) is 6.44. The molecule has 0 radical (unpaired) electrons. The van der Waals surface area contributed by atoms with Gasteiger partial charge in [-0.1, -0.05) is 60.2 Å². The molecule has 2 nitrogen and oxygen atoms in total. The van der Waals surface area contributed by atoms with E-state index in [2.05, 4.69) is 59.1 Å². The van der Waals surface area contributed by atoms with Gasteiger partial charge >= 0.3 is 0 Å². The Bertz CT molecular complexity index is 668. The Morgan fingerprint density at radius 2 is 1.84 bits per heavy atom. The molecule has 0 N–H and O–H groups in total. The van der Waals surface area contributed by atoms with Crippen molar-refractivity contribution < 1.29 is 0 Å². The summed E-state index contributed by atoms with van der Waals surface area (Å²) >= 11 is 0. The summed E-state index contributed by atoms with van der Waals surface area (Å²) in [6.07, 6.45) is 3.99. The van der Waals surface area contributed by atoms with Crippen LogP contribution in [-0.4, -0.2) is 9.55 Å². The van der Waals surface area contributed by atoms with Crippen LogP contribution >= 0.6 is 0 Å². The smallest absolute Gasteiger partial charge is 0.0956 e. The molecule has 0 aliphatic carbocycles. The molecule has 0 aliphatic heterocycles. The number of nitrogens with zero attached hydrogens (tertiary/aromatic N) is 2. The second-order valence-electron chi connectivity index (χ2n) is 4.79. The van der Waals surface area contributed by atoms with Gasteiger partial charge in [-0.2, -0.15) is 0 Å². The molecule has 0 bridgehead atoms. The van der Waals surface area contributed by atoms with Crippen molar-refractivity contribution in [1.29, 1.82) is 0 Å². The van der Waals surface area contributed by atoms with Crippen molar-refractivity contribution in [2.24, 2.45) is 0 Å². The zero-order valence-electron chi connectivity index (χ0n) is 11.0. The van der Waals surface area contributed by atoms with E-state index in [9.17, 15) is 0 Å². The fraction of sp³-hybridized carbons (Fsp3) is 0.118. The molecule has 0 saturated carbocycles. The van der Waals surface area contributed by atoms with E-state index in [4.69, 9.17) is 0 Å². The molecule has 94 valence electrons. The van der Waals surface area contributed by atoms with Crippen LogP contribution in [-0.2, 0) is 6.54 Å². The van der Waals surface area contributed by atoms with Gasteiger partial charge in [-0.25, -0.2) is 4.98 Å². The first-order valence-corrected chi connectivity index (χ1v) is 6.44. The van der Waals surface area contributed by atoms with E-state index in [1.807, 2.05) is 24.5 Å². The maximum Gasteiger partial charge on any atom is 0.0956 e. The maximum absolute atomic E-state index is 4.47. The van der Waals surface area contributed by atoms with E-state index in [1.54, 1.807) is 0 Å². The number of aryl methyl sites for hydroxylation is 1. The van der Waals surface area contributed by atoms with Gasteiger partial charge in [-0.3, -0.25) is 0 Å². The predicted octanol–water partition coefficient (Wildman–Crippen LogP) is 3.91. The molecule has 0 unspecified atom stereocenters. The van der Waals surface area contributed by atoms with Crippen LogP contribution < -0.4 is 0 Å². The fourth-order valence-electron chi connectivity index (χ4n) is 2.23. The molecule has 0 amide bonds. The molecule has 1 aromatic heterocycles. The third-order valence-corrected chi connectivity index (χ3v) is 3.15. The minimum atomic E-state index is 0.863. The molecule has 1 heterocycles. The summed E-state index contributed by atoms with van der Waals surface area (Å²) in [6.45, 7) is 2.98. The van der Waals surface area contributed by atoms with Gasteiger partial charge in [-0.05, 0) is 12.5 Å². The normalized spacial score (nSPS) is 10.6. The Balaban J connectivity index is 1.82. The number of imidazole rings is 1. The summed E-state index contributed by atoms with van der Waals surface area (Å²) in [5.74, 6) is 0. The molecule has 3 rings (SSSR count). The van der Waals surface area contributed by atoms with Gasteiger partial charge in [0, 0.05) is 18.3 Å². The van der Waals surface area contributed by atoms with Crippen LogP contribution in [0.15, 0.2) is 67.1 Å². The predicted molar refractivity (Wildman–Crippen MR) is 77.9 cm³/mol. The van der Waals surface area contributed by atoms with Crippen LogP contribution in [0.3, 0.4) is 0 Å². The average molecular weight is 248 g/mol. The van der Waals surface area contributed by atoms with Crippen LogP contribution in [0.1, 0.15) is 11.1 Å². The topological polar surface area (TPSA) is 17.8 Å². The molecule has 2 aromatic carbocycles.